The van der Waals surface area contributed by atoms with Gasteiger partial charge in [-0.25, -0.2) is 9.69 Å². The van der Waals surface area contributed by atoms with Crippen molar-refractivity contribution in [1.29, 1.82) is 0 Å². The Labute approximate surface area is 155 Å². The third kappa shape index (κ3) is 3.26. The van der Waals surface area contributed by atoms with Crippen LogP contribution in [0, 0.1) is 0 Å². The van der Waals surface area contributed by atoms with Crippen LogP contribution in [0.15, 0.2) is 59.6 Å². The Morgan fingerprint density at radius 3 is 2.27 bits per heavy atom. The van der Waals surface area contributed by atoms with Gasteiger partial charge in [0.25, 0.3) is 11.8 Å². The fourth-order valence-electron chi connectivity index (χ4n) is 2.62. The van der Waals surface area contributed by atoms with Crippen LogP contribution in [0.1, 0.15) is 29.3 Å². The number of hydrogen-bond donors (Lipinski definition) is 0. The molecule has 0 aliphatic carbocycles. The molecule has 3 rings (SSSR count). The highest BCUT2D eigenvalue weighted by Crippen LogP contribution is 2.34. The second kappa shape index (κ2) is 7.54. The maximum Gasteiger partial charge on any atom is 0.338 e. The van der Waals surface area contributed by atoms with Crippen LogP contribution in [0.2, 0.25) is 0 Å². The zero-order valence-corrected chi connectivity index (χ0v) is 14.8. The molecule has 26 heavy (non-hydrogen) atoms. The van der Waals surface area contributed by atoms with E-state index in [0.717, 1.165) is 11.3 Å². The molecule has 0 spiro atoms. The van der Waals surface area contributed by atoms with Gasteiger partial charge in [0.1, 0.15) is 5.03 Å². The quantitative estimate of drug-likeness (QED) is 0.594. The van der Waals surface area contributed by atoms with Crippen molar-refractivity contribution in [1.82, 2.24) is 0 Å². The highest BCUT2D eigenvalue weighted by atomic mass is 35.5. The summed E-state index contributed by atoms with van der Waals surface area (Å²) >= 11 is 6.14. The fraction of sp³-hybridized carbons (Fsp3) is 0.150. The highest BCUT2D eigenvalue weighted by Gasteiger charge is 2.39. The first-order valence-electron chi connectivity index (χ1n) is 8.15. The first-order chi connectivity index (χ1) is 12.5. The molecule has 1 aliphatic rings. The highest BCUT2D eigenvalue weighted by molar-refractivity contribution is 6.60. The van der Waals surface area contributed by atoms with Crippen LogP contribution < -0.4 is 4.90 Å². The van der Waals surface area contributed by atoms with Gasteiger partial charge >= 0.3 is 5.97 Å². The van der Waals surface area contributed by atoms with E-state index < -0.39 is 17.8 Å². The first kappa shape index (κ1) is 17.9. The van der Waals surface area contributed by atoms with Gasteiger partial charge in [-0.05, 0) is 36.2 Å². The Bertz CT molecular complexity index is 888. The van der Waals surface area contributed by atoms with Gasteiger partial charge in [-0.3, -0.25) is 9.59 Å². The fourth-order valence-corrected chi connectivity index (χ4v) is 2.89. The molecule has 1 aliphatic heterocycles. The summed E-state index contributed by atoms with van der Waals surface area (Å²) in [6, 6.07) is 14.9. The Kier molecular flexibility index (Phi) is 5.19. The molecule has 5 nitrogen and oxygen atoms in total. The number of halogens is 1. The van der Waals surface area contributed by atoms with Gasteiger partial charge in [-0.1, -0.05) is 48.9 Å². The van der Waals surface area contributed by atoms with E-state index in [1.54, 1.807) is 24.3 Å². The van der Waals surface area contributed by atoms with E-state index in [4.69, 9.17) is 16.3 Å². The number of nitrogens with zero attached hydrogens (tertiary/aromatic N) is 1. The molecule has 0 unspecified atom stereocenters. The maximum absolute atomic E-state index is 12.8. The summed E-state index contributed by atoms with van der Waals surface area (Å²) in [5, 5.41) is -0.118. The number of rotatable bonds is 5. The van der Waals surface area contributed by atoms with Crippen LogP contribution in [-0.4, -0.2) is 24.4 Å². The number of imide groups is 1. The predicted molar refractivity (Wildman–Crippen MR) is 98.7 cm³/mol. The van der Waals surface area contributed by atoms with E-state index in [1.807, 2.05) is 13.0 Å². The van der Waals surface area contributed by atoms with Crippen molar-refractivity contribution in [3.05, 3.63) is 70.8 Å². The molecule has 2 amide bonds. The molecule has 1 heterocycles. The van der Waals surface area contributed by atoms with Gasteiger partial charge < -0.3 is 4.74 Å². The lowest BCUT2D eigenvalue weighted by atomic mass is 10.1. The summed E-state index contributed by atoms with van der Waals surface area (Å²) < 4.78 is 5.06. The SMILES string of the molecule is CCCOC(=O)c1ccc(N2C(=O)C(Cl)=C(c3ccccc3)C2=O)cc1. The van der Waals surface area contributed by atoms with Crippen LogP contribution in [0.5, 0.6) is 0 Å². The number of amides is 2. The van der Waals surface area contributed by atoms with E-state index in [9.17, 15) is 14.4 Å². The molecule has 2 aromatic carbocycles. The lowest BCUT2D eigenvalue weighted by Crippen LogP contribution is -2.31. The summed E-state index contributed by atoms with van der Waals surface area (Å²) in [4.78, 5) is 38.1. The normalized spacial score (nSPS) is 14.2. The summed E-state index contributed by atoms with van der Waals surface area (Å²) in [5.74, 6) is -1.53. The smallest absolute Gasteiger partial charge is 0.338 e. The van der Waals surface area contributed by atoms with Crippen molar-refractivity contribution in [2.75, 3.05) is 11.5 Å². The van der Waals surface area contributed by atoms with Crippen molar-refractivity contribution in [3.63, 3.8) is 0 Å². The topological polar surface area (TPSA) is 63.7 Å². The summed E-state index contributed by atoms with van der Waals surface area (Å²) in [7, 11) is 0. The van der Waals surface area contributed by atoms with Gasteiger partial charge in [0.2, 0.25) is 0 Å². The van der Waals surface area contributed by atoms with Gasteiger partial charge in [0.05, 0.1) is 23.4 Å². The summed E-state index contributed by atoms with van der Waals surface area (Å²) in [6.07, 6.45) is 0.729. The average molecular weight is 370 g/mol. The molecule has 2 aromatic rings. The molecule has 0 saturated carbocycles. The van der Waals surface area contributed by atoms with Gasteiger partial charge in [-0.2, -0.15) is 0 Å². The number of esters is 1. The maximum atomic E-state index is 12.8. The standard InChI is InChI=1S/C20H16ClNO4/c1-2-12-26-20(25)14-8-10-15(11-9-14)22-18(23)16(17(21)19(22)24)13-6-4-3-5-7-13/h3-11H,2,12H2,1H3. The van der Waals surface area contributed by atoms with E-state index in [1.165, 1.54) is 24.3 Å². The van der Waals surface area contributed by atoms with E-state index in [0.29, 0.717) is 23.4 Å². The first-order valence-corrected chi connectivity index (χ1v) is 8.53. The molecule has 6 heteroatoms. The number of anilines is 1. The molecule has 0 fully saturated rings. The van der Waals surface area contributed by atoms with Gasteiger partial charge in [-0.15, -0.1) is 0 Å². The zero-order chi connectivity index (χ0) is 18.7. The molecular weight excluding hydrogens is 354 g/mol. The summed E-state index contributed by atoms with van der Waals surface area (Å²) in [6.45, 7) is 2.24. The summed E-state index contributed by atoms with van der Waals surface area (Å²) in [5.41, 5.74) is 1.45. The number of benzene rings is 2. The number of ether oxygens (including phenoxy) is 1. The Morgan fingerprint density at radius 2 is 1.65 bits per heavy atom. The van der Waals surface area contributed by atoms with Crippen molar-refractivity contribution in [3.8, 4) is 0 Å². The molecule has 0 radical (unpaired) electrons. The van der Waals surface area contributed by atoms with Crippen LogP contribution in [0.25, 0.3) is 5.57 Å². The minimum atomic E-state index is -0.586. The van der Waals surface area contributed by atoms with Crippen LogP contribution >= 0.6 is 11.6 Å². The molecular formula is C20H16ClNO4. The van der Waals surface area contributed by atoms with Crippen molar-refractivity contribution in [2.45, 2.75) is 13.3 Å². The molecule has 132 valence electrons. The lowest BCUT2D eigenvalue weighted by Gasteiger charge is -2.15. The number of carbonyl (C=O) groups is 3. The molecule has 0 saturated heterocycles. The monoisotopic (exact) mass is 369 g/mol. The predicted octanol–water partition coefficient (Wildman–Crippen LogP) is 3.78. The zero-order valence-electron chi connectivity index (χ0n) is 14.1. The second-order valence-electron chi connectivity index (χ2n) is 5.68. The van der Waals surface area contributed by atoms with E-state index >= 15 is 0 Å². The van der Waals surface area contributed by atoms with Gasteiger partial charge in [0, 0.05) is 0 Å². The molecule has 0 aromatic heterocycles. The molecule has 0 bridgehead atoms. The van der Waals surface area contributed by atoms with Crippen LogP contribution in [0.4, 0.5) is 5.69 Å². The van der Waals surface area contributed by atoms with Crippen molar-refractivity contribution >= 4 is 40.6 Å². The second-order valence-corrected chi connectivity index (χ2v) is 6.06. The lowest BCUT2D eigenvalue weighted by molar-refractivity contribution is -0.119. The Balaban J connectivity index is 1.86. The number of carbonyl (C=O) groups excluding carboxylic acids is 3. The van der Waals surface area contributed by atoms with Crippen molar-refractivity contribution in [2.24, 2.45) is 0 Å². The molecule has 0 atom stereocenters. The Morgan fingerprint density at radius 1 is 1.00 bits per heavy atom. The van der Waals surface area contributed by atoms with Gasteiger partial charge in [0.15, 0.2) is 0 Å². The van der Waals surface area contributed by atoms with Crippen LogP contribution in [-0.2, 0) is 14.3 Å². The average Bonchev–Trinajstić information content (AvgIpc) is 2.89. The molecule has 0 N–H and O–H groups in total. The minimum absolute atomic E-state index is 0.118. The third-order valence-corrected chi connectivity index (χ3v) is 4.24. The third-order valence-electron chi connectivity index (χ3n) is 3.89. The Hall–Kier alpha value is -2.92. The largest absolute Gasteiger partial charge is 0.462 e. The number of hydrogen-bond acceptors (Lipinski definition) is 4. The van der Waals surface area contributed by atoms with E-state index in [-0.39, 0.29) is 10.6 Å². The van der Waals surface area contributed by atoms with Crippen molar-refractivity contribution < 1.29 is 19.1 Å². The minimum Gasteiger partial charge on any atom is -0.462 e. The van der Waals surface area contributed by atoms with E-state index in [2.05, 4.69) is 0 Å². The van der Waals surface area contributed by atoms with Crippen LogP contribution in [0.3, 0.4) is 0 Å².